The smallest absolute Gasteiger partial charge is 0.271 e. The molecule has 3 N–H and O–H groups in total. The number of hydrogen-bond donors (Lipinski definition) is 2. The van der Waals surface area contributed by atoms with E-state index in [1.165, 1.54) is 0 Å². The summed E-state index contributed by atoms with van der Waals surface area (Å²) in [5.74, 6) is -1.28. The summed E-state index contributed by atoms with van der Waals surface area (Å²) in [7, 11) is 0. The highest BCUT2D eigenvalue weighted by atomic mass is 19.1. The van der Waals surface area contributed by atoms with Gasteiger partial charge in [0.1, 0.15) is 5.82 Å². The molecule has 0 radical (unpaired) electrons. The number of non-ortho nitro benzene ring substituents is 1. The number of ether oxygens (including phenoxy) is 1. The Balaban J connectivity index is 2.23. The molecular formula is C12H14FN3O4. The van der Waals surface area contributed by atoms with Gasteiger partial charge in [-0.25, -0.2) is 4.39 Å². The Hall–Kier alpha value is -2.06. The van der Waals surface area contributed by atoms with Crippen LogP contribution < -0.4 is 11.1 Å². The Kier molecular flexibility index (Phi) is 3.69. The molecule has 1 aromatic carbocycles. The maximum Gasteiger partial charge on any atom is 0.271 e. The predicted molar refractivity (Wildman–Crippen MR) is 68.6 cm³/mol. The Morgan fingerprint density at radius 2 is 2.35 bits per heavy atom. The van der Waals surface area contributed by atoms with E-state index < -0.39 is 28.1 Å². The molecule has 1 aliphatic heterocycles. The number of carbonyl (C=O) groups is 1. The largest absolute Gasteiger partial charge is 0.379 e. The number of carbonyl (C=O) groups excluding carboxylic acids is 1. The number of nitro benzene ring substituents is 1. The second kappa shape index (κ2) is 5.14. The topological polar surface area (TPSA) is 107 Å². The lowest BCUT2D eigenvalue weighted by molar-refractivity contribution is -0.384. The molecule has 0 aliphatic carbocycles. The first-order valence-corrected chi connectivity index (χ1v) is 5.93. The van der Waals surface area contributed by atoms with E-state index in [2.05, 4.69) is 5.32 Å². The van der Waals surface area contributed by atoms with Crippen LogP contribution in [0, 0.1) is 21.3 Å². The van der Waals surface area contributed by atoms with E-state index in [1.54, 1.807) is 6.92 Å². The van der Waals surface area contributed by atoms with Crippen LogP contribution >= 0.6 is 0 Å². The molecule has 20 heavy (non-hydrogen) atoms. The lowest BCUT2D eigenvalue weighted by Gasteiger charge is -2.25. The summed E-state index contributed by atoms with van der Waals surface area (Å²) in [4.78, 5) is 22.2. The lowest BCUT2D eigenvalue weighted by atomic mass is 9.85. The third-order valence-corrected chi connectivity index (χ3v) is 3.45. The number of anilines is 1. The summed E-state index contributed by atoms with van der Waals surface area (Å²) in [6.45, 7) is 1.97. The Bertz CT molecular complexity index is 566. The zero-order valence-corrected chi connectivity index (χ0v) is 10.8. The van der Waals surface area contributed by atoms with Crippen molar-refractivity contribution >= 4 is 17.3 Å². The normalized spacial score (nSPS) is 25.4. The lowest BCUT2D eigenvalue weighted by Crippen LogP contribution is -2.47. The minimum atomic E-state index is -0.989. The molecule has 2 unspecified atom stereocenters. The summed E-state index contributed by atoms with van der Waals surface area (Å²) >= 11 is 0. The quantitative estimate of drug-likeness (QED) is 0.636. The number of nitrogens with one attached hydrogen (secondary N) is 1. The molecule has 1 amide bonds. The predicted octanol–water partition coefficient (Wildman–Crippen LogP) is 1.04. The van der Waals surface area contributed by atoms with Crippen molar-refractivity contribution in [2.24, 2.45) is 11.1 Å². The summed E-state index contributed by atoms with van der Waals surface area (Å²) in [6.07, 6.45) is 0. The third-order valence-electron chi connectivity index (χ3n) is 3.45. The first-order chi connectivity index (χ1) is 9.34. The number of nitrogens with two attached hydrogens (primary N) is 1. The van der Waals surface area contributed by atoms with Crippen LogP contribution in [0.1, 0.15) is 6.92 Å². The third kappa shape index (κ3) is 2.47. The maximum atomic E-state index is 13.6. The van der Waals surface area contributed by atoms with Crippen LogP contribution in [-0.2, 0) is 9.53 Å². The van der Waals surface area contributed by atoms with E-state index in [0.29, 0.717) is 0 Å². The van der Waals surface area contributed by atoms with Gasteiger partial charge in [-0.15, -0.1) is 0 Å². The summed E-state index contributed by atoms with van der Waals surface area (Å²) < 4.78 is 18.7. The molecule has 1 heterocycles. The first-order valence-electron chi connectivity index (χ1n) is 5.93. The van der Waals surface area contributed by atoms with Crippen LogP contribution in [0.25, 0.3) is 0 Å². The molecule has 0 aromatic heterocycles. The number of nitrogens with zero attached hydrogens (tertiary/aromatic N) is 1. The van der Waals surface area contributed by atoms with Gasteiger partial charge in [0, 0.05) is 18.2 Å². The van der Waals surface area contributed by atoms with Gasteiger partial charge in [-0.1, -0.05) is 0 Å². The molecule has 1 aliphatic rings. The zero-order chi connectivity index (χ0) is 14.9. The van der Waals surface area contributed by atoms with Gasteiger partial charge in [-0.05, 0) is 13.0 Å². The van der Waals surface area contributed by atoms with Gasteiger partial charge in [-0.3, -0.25) is 14.9 Å². The molecule has 2 atom stereocenters. The number of amides is 1. The highest BCUT2D eigenvalue weighted by Crippen LogP contribution is 2.30. The minimum Gasteiger partial charge on any atom is -0.379 e. The summed E-state index contributed by atoms with van der Waals surface area (Å²) in [6, 6.07) is 2.42. The van der Waals surface area contributed by atoms with Gasteiger partial charge in [-0.2, -0.15) is 0 Å². The van der Waals surface area contributed by atoms with Crippen LogP contribution in [0.3, 0.4) is 0 Å². The van der Waals surface area contributed by atoms with E-state index >= 15 is 0 Å². The van der Waals surface area contributed by atoms with Crippen LogP contribution in [-0.4, -0.2) is 30.1 Å². The SMILES string of the molecule is CC1(C(=O)Nc2cc([N+](=O)[O-])ccc2F)COCC1N. The van der Waals surface area contributed by atoms with Crippen LogP contribution in [0.15, 0.2) is 18.2 Å². The van der Waals surface area contributed by atoms with Gasteiger partial charge in [0.15, 0.2) is 0 Å². The molecule has 0 saturated carbocycles. The number of benzene rings is 1. The van der Waals surface area contributed by atoms with E-state index in [0.717, 1.165) is 18.2 Å². The molecule has 108 valence electrons. The number of nitro groups is 1. The van der Waals surface area contributed by atoms with E-state index in [9.17, 15) is 19.3 Å². The fraction of sp³-hybridized carbons (Fsp3) is 0.417. The van der Waals surface area contributed by atoms with Gasteiger partial charge in [0.2, 0.25) is 5.91 Å². The monoisotopic (exact) mass is 283 g/mol. The van der Waals surface area contributed by atoms with Crippen molar-refractivity contribution in [2.75, 3.05) is 18.5 Å². The zero-order valence-electron chi connectivity index (χ0n) is 10.8. The molecule has 1 fully saturated rings. The maximum absolute atomic E-state index is 13.6. The van der Waals surface area contributed by atoms with Gasteiger partial charge in [0.25, 0.3) is 5.69 Å². The number of halogens is 1. The molecular weight excluding hydrogens is 269 g/mol. The fourth-order valence-corrected chi connectivity index (χ4v) is 1.91. The summed E-state index contributed by atoms with van der Waals surface area (Å²) in [5.41, 5.74) is 4.25. The average Bonchev–Trinajstić information content (AvgIpc) is 2.73. The Morgan fingerprint density at radius 1 is 1.65 bits per heavy atom. The van der Waals surface area contributed by atoms with Crippen LogP contribution in [0.2, 0.25) is 0 Å². The van der Waals surface area contributed by atoms with Gasteiger partial charge in [0.05, 0.1) is 29.2 Å². The van der Waals surface area contributed by atoms with Crippen molar-refractivity contribution in [1.29, 1.82) is 0 Å². The van der Waals surface area contributed by atoms with Gasteiger partial charge >= 0.3 is 0 Å². The Morgan fingerprint density at radius 3 is 2.90 bits per heavy atom. The number of hydrogen-bond acceptors (Lipinski definition) is 5. The van der Waals surface area contributed by atoms with Gasteiger partial charge < -0.3 is 15.8 Å². The molecule has 1 saturated heterocycles. The molecule has 0 bridgehead atoms. The van der Waals surface area contributed by atoms with Crippen LogP contribution in [0.4, 0.5) is 15.8 Å². The van der Waals surface area contributed by atoms with Crippen molar-refractivity contribution in [1.82, 2.24) is 0 Å². The van der Waals surface area contributed by atoms with E-state index in [1.807, 2.05) is 0 Å². The molecule has 0 spiro atoms. The second-order valence-electron chi connectivity index (χ2n) is 4.91. The average molecular weight is 283 g/mol. The van der Waals surface area contributed by atoms with Crippen molar-refractivity contribution in [3.8, 4) is 0 Å². The van der Waals surface area contributed by atoms with Crippen molar-refractivity contribution in [3.63, 3.8) is 0 Å². The van der Waals surface area contributed by atoms with Crippen LogP contribution in [0.5, 0.6) is 0 Å². The van der Waals surface area contributed by atoms with E-state index in [-0.39, 0.29) is 24.6 Å². The fourth-order valence-electron chi connectivity index (χ4n) is 1.91. The highest BCUT2D eigenvalue weighted by molar-refractivity contribution is 5.96. The highest BCUT2D eigenvalue weighted by Gasteiger charge is 2.44. The summed E-state index contributed by atoms with van der Waals surface area (Å²) in [5, 5.41) is 13.0. The standard InChI is InChI=1S/C12H14FN3O4/c1-12(6-20-5-10(12)14)11(17)15-9-4-7(16(18)19)2-3-8(9)13/h2-4,10H,5-6,14H2,1H3,(H,15,17). The molecule has 1 aromatic rings. The molecule has 8 heteroatoms. The number of rotatable bonds is 3. The van der Waals surface area contributed by atoms with Crippen molar-refractivity contribution in [2.45, 2.75) is 13.0 Å². The van der Waals surface area contributed by atoms with E-state index in [4.69, 9.17) is 10.5 Å². The Labute approximate surface area is 114 Å². The first kappa shape index (κ1) is 14.4. The molecule has 7 nitrogen and oxygen atoms in total. The van der Waals surface area contributed by atoms with Crippen molar-refractivity contribution < 1.29 is 18.8 Å². The minimum absolute atomic E-state index is 0.122. The van der Waals surface area contributed by atoms with Crippen molar-refractivity contribution in [3.05, 3.63) is 34.1 Å². The molecule has 2 rings (SSSR count). The second-order valence-corrected chi connectivity index (χ2v) is 4.91.